The molecule has 1 fully saturated rings. The highest BCUT2D eigenvalue weighted by Gasteiger charge is 2.20. The van der Waals surface area contributed by atoms with E-state index in [1.165, 1.54) is 4.88 Å². The van der Waals surface area contributed by atoms with Crippen molar-refractivity contribution in [2.24, 2.45) is 0 Å². The highest BCUT2D eigenvalue weighted by Crippen LogP contribution is 2.24. The molecular formula is C11H15BrN2O2S. The van der Waals surface area contributed by atoms with E-state index < -0.39 is 0 Å². The monoisotopic (exact) mass is 318 g/mol. The van der Waals surface area contributed by atoms with Crippen molar-refractivity contribution in [1.82, 2.24) is 9.80 Å². The molecule has 0 radical (unpaired) electrons. The molecule has 2 rings (SSSR count). The molecule has 0 unspecified atom stereocenters. The Balaban J connectivity index is 1.83. The largest absolute Gasteiger partial charge is 0.387 e. The van der Waals surface area contributed by atoms with Gasteiger partial charge in [0.15, 0.2) is 0 Å². The fourth-order valence-electron chi connectivity index (χ4n) is 1.90. The maximum Gasteiger partial charge on any atom is 0.248 e. The van der Waals surface area contributed by atoms with Gasteiger partial charge in [0, 0.05) is 42.1 Å². The number of nitrogens with zero attached hydrogens (tertiary/aromatic N) is 2. The number of hydrogen-bond donors (Lipinski definition) is 1. The Morgan fingerprint density at radius 2 is 2.12 bits per heavy atom. The Bertz CT molecular complexity index is 389. The first-order valence-corrected chi connectivity index (χ1v) is 7.21. The van der Waals surface area contributed by atoms with E-state index in [1.54, 1.807) is 16.2 Å². The van der Waals surface area contributed by atoms with Gasteiger partial charge in [0.05, 0.1) is 0 Å². The zero-order valence-corrected chi connectivity index (χ0v) is 11.8. The molecule has 1 aliphatic heterocycles. The molecule has 2 heterocycles. The smallest absolute Gasteiger partial charge is 0.248 e. The molecule has 1 aromatic heterocycles. The van der Waals surface area contributed by atoms with Crippen LogP contribution in [0.2, 0.25) is 0 Å². The summed E-state index contributed by atoms with van der Waals surface area (Å²) in [7, 11) is 0. The molecule has 0 saturated carbocycles. The van der Waals surface area contributed by atoms with E-state index in [1.807, 2.05) is 0 Å². The third kappa shape index (κ3) is 3.28. The van der Waals surface area contributed by atoms with Crippen LogP contribution in [0, 0.1) is 0 Å². The Morgan fingerprint density at radius 3 is 2.65 bits per heavy atom. The number of aliphatic hydroxyl groups is 1. The van der Waals surface area contributed by atoms with Gasteiger partial charge in [0.2, 0.25) is 5.91 Å². The van der Waals surface area contributed by atoms with Gasteiger partial charge in [0.1, 0.15) is 6.61 Å². The van der Waals surface area contributed by atoms with E-state index >= 15 is 0 Å². The fraction of sp³-hybridized carbons (Fsp3) is 0.545. The second kappa shape index (κ2) is 5.95. The summed E-state index contributed by atoms with van der Waals surface area (Å²) < 4.78 is 1.16. The SMILES string of the molecule is O=C(CO)N1CCN(Cc2sccc2Br)CC1. The van der Waals surface area contributed by atoms with Crippen LogP contribution in [0.1, 0.15) is 4.88 Å². The van der Waals surface area contributed by atoms with E-state index in [0.29, 0.717) is 13.1 Å². The summed E-state index contributed by atoms with van der Waals surface area (Å²) in [6.07, 6.45) is 0. The molecule has 1 N–H and O–H groups in total. The zero-order valence-electron chi connectivity index (χ0n) is 9.43. The van der Waals surface area contributed by atoms with Crippen LogP contribution in [0.3, 0.4) is 0 Å². The predicted molar refractivity (Wildman–Crippen MR) is 71.0 cm³/mol. The van der Waals surface area contributed by atoms with Crippen molar-refractivity contribution in [3.8, 4) is 0 Å². The lowest BCUT2D eigenvalue weighted by Crippen LogP contribution is -2.49. The normalized spacial score (nSPS) is 17.4. The van der Waals surface area contributed by atoms with E-state index in [2.05, 4.69) is 32.3 Å². The van der Waals surface area contributed by atoms with Crippen LogP contribution in [0.25, 0.3) is 0 Å². The van der Waals surface area contributed by atoms with Crippen molar-refractivity contribution in [1.29, 1.82) is 0 Å². The number of aliphatic hydroxyl groups excluding tert-OH is 1. The number of thiophene rings is 1. The number of amides is 1. The van der Waals surface area contributed by atoms with Gasteiger partial charge in [-0.3, -0.25) is 9.69 Å². The maximum atomic E-state index is 11.3. The predicted octanol–water partition coefficient (Wildman–Crippen LogP) is 1.15. The van der Waals surface area contributed by atoms with Gasteiger partial charge in [-0.15, -0.1) is 11.3 Å². The molecule has 94 valence electrons. The van der Waals surface area contributed by atoms with Crippen molar-refractivity contribution < 1.29 is 9.90 Å². The molecule has 0 bridgehead atoms. The molecule has 6 heteroatoms. The molecule has 1 aromatic rings. The summed E-state index contributed by atoms with van der Waals surface area (Å²) in [5, 5.41) is 10.9. The first kappa shape index (κ1) is 13.0. The number of carbonyl (C=O) groups is 1. The second-order valence-corrected chi connectivity index (χ2v) is 5.86. The quantitative estimate of drug-likeness (QED) is 0.909. The van der Waals surface area contributed by atoms with Crippen molar-refractivity contribution in [2.75, 3.05) is 32.8 Å². The first-order chi connectivity index (χ1) is 8.20. The van der Waals surface area contributed by atoms with Gasteiger partial charge in [-0.1, -0.05) is 0 Å². The van der Waals surface area contributed by atoms with Crippen molar-refractivity contribution >= 4 is 33.2 Å². The van der Waals surface area contributed by atoms with E-state index in [-0.39, 0.29) is 12.5 Å². The van der Waals surface area contributed by atoms with E-state index in [4.69, 9.17) is 5.11 Å². The van der Waals surface area contributed by atoms with Crippen LogP contribution < -0.4 is 0 Å². The van der Waals surface area contributed by atoms with Crippen molar-refractivity contribution in [2.45, 2.75) is 6.54 Å². The van der Waals surface area contributed by atoms with Gasteiger partial charge in [-0.2, -0.15) is 0 Å². The van der Waals surface area contributed by atoms with E-state index in [0.717, 1.165) is 24.1 Å². The topological polar surface area (TPSA) is 43.8 Å². The molecule has 0 spiro atoms. The maximum absolute atomic E-state index is 11.3. The molecule has 0 aromatic carbocycles. The van der Waals surface area contributed by atoms with E-state index in [9.17, 15) is 4.79 Å². The van der Waals surface area contributed by atoms with Gasteiger partial charge in [-0.25, -0.2) is 0 Å². The van der Waals surface area contributed by atoms with Crippen LogP contribution >= 0.6 is 27.3 Å². The lowest BCUT2D eigenvalue weighted by Gasteiger charge is -2.34. The Morgan fingerprint density at radius 1 is 1.41 bits per heavy atom. The Kier molecular flexibility index (Phi) is 4.55. The third-order valence-corrected chi connectivity index (χ3v) is 4.83. The summed E-state index contributed by atoms with van der Waals surface area (Å²) >= 11 is 5.27. The van der Waals surface area contributed by atoms with Crippen LogP contribution in [-0.2, 0) is 11.3 Å². The third-order valence-electron chi connectivity index (χ3n) is 2.92. The Hall–Kier alpha value is -0.430. The van der Waals surface area contributed by atoms with Crippen LogP contribution in [0.15, 0.2) is 15.9 Å². The number of hydrogen-bond acceptors (Lipinski definition) is 4. The summed E-state index contributed by atoms with van der Waals surface area (Å²) in [6.45, 7) is 3.72. The standard InChI is InChI=1S/C11H15BrN2O2S/c12-9-1-6-17-10(9)7-13-2-4-14(5-3-13)11(16)8-15/h1,6,15H,2-5,7-8H2. The minimum absolute atomic E-state index is 0.165. The zero-order chi connectivity index (χ0) is 12.3. The average molecular weight is 319 g/mol. The van der Waals surface area contributed by atoms with Crippen molar-refractivity contribution in [3.63, 3.8) is 0 Å². The van der Waals surface area contributed by atoms with Crippen LogP contribution in [0.4, 0.5) is 0 Å². The minimum Gasteiger partial charge on any atom is -0.387 e. The Labute approximate surface area is 113 Å². The number of piperazine rings is 1. The average Bonchev–Trinajstić information content (AvgIpc) is 2.75. The summed E-state index contributed by atoms with van der Waals surface area (Å²) in [4.78, 5) is 16.7. The molecule has 0 atom stereocenters. The van der Waals surface area contributed by atoms with Crippen LogP contribution in [-0.4, -0.2) is 53.6 Å². The lowest BCUT2D eigenvalue weighted by molar-refractivity contribution is -0.135. The number of carbonyl (C=O) groups excluding carboxylic acids is 1. The van der Waals surface area contributed by atoms with Gasteiger partial charge in [0.25, 0.3) is 0 Å². The number of rotatable bonds is 3. The number of halogens is 1. The lowest BCUT2D eigenvalue weighted by atomic mass is 10.3. The summed E-state index contributed by atoms with van der Waals surface area (Å²) in [5.41, 5.74) is 0. The summed E-state index contributed by atoms with van der Waals surface area (Å²) in [6, 6.07) is 2.06. The van der Waals surface area contributed by atoms with Crippen molar-refractivity contribution in [3.05, 3.63) is 20.8 Å². The highest BCUT2D eigenvalue weighted by atomic mass is 79.9. The molecule has 1 saturated heterocycles. The van der Waals surface area contributed by atoms with Gasteiger partial charge >= 0.3 is 0 Å². The molecular weight excluding hydrogens is 304 g/mol. The van der Waals surface area contributed by atoms with Gasteiger partial charge in [-0.05, 0) is 27.4 Å². The molecule has 1 aliphatic rings. The molecule has 17 heavy (non-hydrogen) atoms. The van der Waals surface area contributed by atoms with Crippen LogP contribution in [0.5, 0.6) is 0 Å². The minimum atomic E-state index is -0.378. The second-order valence-electron chi connectivity index (χ2n) is 4.01. The highest BCUT2D eigenvalue weighted by molar-refractivity contribution is 9.10. The molecule has 1 amide bonds. The first-order valence-electron chi connectivity index (χ1n) is 5.53. The molecule has 4 nitrogen and oxygen atoms in total. The summed E-state index contributed by atoms with van der Waals surface area (Å²) in [5.74, 6) is -0.165. The molecule has 0 aliphatic carbocycles. The fourth-order valence-corrected chi connectivity index (χ4v) is 3.42. The van der Waals surface area contributed by atoms with Gasteiger partial charge < -0.3 is 10.0 Å².